The van der Waals surface area contributed by atoms with E-state index in [2.05, 4.69) is 19.2 Å². The number of unbranched alkanes of at least 4 members (excludes halogenated alkanes) is 36. The van der Waals surface area contributed by atoms with Crippen molar-refractivity contribution in [3.05, 3.63) is 0 Å². The number of hydrogen-bond acceptors (Lipinski definition) is 5. The number of nitrogens with one attached hydrogen (secondary N) is 1. The van der Waals surface area contributed by atoms with Crippen molar-refractivity contribution in [3.8, 4) is 0 Å². The highest BCUT2D eigenvalue weighted by Crippen LogP contribution is 2.17. The summed E-state index contributed by atoms with van der Waals surface area (Å²) in [5, 5.41) is 23.2. The zero-order valence-electron chi connectivity index (χ0n) is 37.9. The van der Waals surface area contributed by atoms with E-state index in [0.717, 1.165) is 57.8 Å². The minimum atomic E-state index is -0.672. The van der Waals surface area contributed by atoms with E-state index in [-0.39, 0.29) is 18.5 Å². The van der Waals surface area contributed by atoms with Crippen LogP contribution in [0.5, 0.6) is 0 Å². The van der Waals surface area contributed by atoms with Gasteiger partial charge in [0, 0.05) is 12.8 Å². The van der Waals surface area contributed by atoms with Crippen LogP contribution in [-0.4, -0.2) is 47.4 Å². The van der Waals surface area contributed by atoms with Crippen LogP contribution < -0.4 is 5.32 Å². The molecule has 1 amide bonds. The van der Waals surface area contributed by atoms with Crippen LogP contribution in [0.4, 0.5) is 0 Å². The standard InChI is InChI=1S/C50H99NO5/c1-3-5-7-9-11-13-15-16-17-18-19-23-26-30-34-38-42-48(53)47(46-52)51-49(54)43-39-35-31-27-24-20-21-25-29-33-37-41-45-56-50(55)44-40-36-32-28-22-14-12-10-8-6-4-2/h47-48,52-53H,3-46H2,1-2H3,(H,51,54). The highest BCUT2D eigenvalue weighted by Gasteiger charge is 2.20. The fraction of sp³-hybridized carbons (Fsp3) is 0.960. The van der Waals surface area contributed by atoms with E-state index < -0.39 is 12.1 Å². The number of ether oxygens (including phenoxy) is 1. The van der Waals surface area contributed by atoms with Crippen LogP contribution in [0.25, 0.3) is 0 Å². The van der Waals surface area contributed by atoms with E-state index >= 15 is 0 Å². The third kappa shape index (κ3) is 42.5. The molecule has 0 aromatic carbocycles. The molecule has 0 rings (SSSR count). The predicted octanol–water partition coefficient (Wildman–Crippen LogP) is 14.8. The van der Waals surface area contributed by atoms with Gasteiger partial charge in [0.15, 0.2) is 0 Å². The van der Waals surface area contributed by atoms with E-state index in [1.165, 1.54) is 193 Å². The van der Waals surface area contributed by atoms with Gasteiger partial charge in [-0.25, -0.2) is 0 Å². The molecule has 0 aliphatic rings. The average Bonchev–Trinajstić information content (AvgIpc) is 3.20. The molecule has 56 heavy (non-hydrogen) atoms. The Hall–Kier alpha value is -1.14. The molecule has 0 aliphatic carbocycles. The number of rotatable bonds is 47. The van der Waals surface area contributed by atoms with Gasteiger partial charge in [0.05, 0.1) is 25.4 Å². The first-order valence-electron chi connectivity index (χ1n) is 25.3. The normalized spacial score (nSPS) is 12.6. The van der Waals surface area contributed by atoms with E-state index in [1.807, 2.05) is 0 Å². The van der Waals surface area contributed by atoms with Gasteiger partial charge in [0.2, 0.25) is 5.91 Å². The second kappa shape index (κ2) is 46.5. The second-order valence-corrected chi connectivity index (χ2v) is 17.5. The largest absolute Gasteiger partial charge is 0.466 e. The first-order valence-corrected chi connectivity index (χ1v) is 25.3. The summed E-state index contributed by atoms with van der Waals surface area (Å²) in [6.45, 7) is 4.93. The van der Waals surface area contributed by atoms with E-state index in [1.54, 1.807) is 0 Å². The van der Waals surface area contributed by atoms with Crippen LogP contribution >= 0.6 is 0 Å². The average molecular weight is 794 g/mol. The molecule has 6 nitrogen and oxygen atoms in total. The summed E-state index contributed by atoms with van der Waals surface area (Å²) in [5.41, 5.74) is 0. The molecule has 0 saturated carbocycles. The predicted molar refractivity (Wildman–Crippen MR) is 241 cm³/mol. The number of aliphatic hydroxyl groups is 2. The van der Waals surface area contributed by atoms with Gasteiger partial charge in [-0.1, -0.05) is 245 Å². The molecule has 3 N–H and O–H groups in total. The van der Waals surface area contributed by atoms with Crippen LogP contribution in [0, 0.1) is 0 Å². The van der Waals surface area contributed by atoms with Gasteiger partial charge in [-0.2, -0.15) is 0 Å². The molecule has 0 fully saturated rings. The molecule has 0 heterocycles. The van der Waals surface area contributed by atoms with Crippen molar-refractivity contribution in [1.29, 1.82) is 0 Å². The van der Waals surface area contributed by atoms with Crippen molar-refractivity contribution in [3.63, 3.8) is 0 Å². The first-order chi connectivity index (χ1) is 27.5. The maximum Gasteiger partial charge on any atom is 0.305 e. The van der Waals surface area contributed by atoms with Crippen molar-refractivity contribution in [2.75, 3.05) is 13.2 Å². The molecular weight excluding hydrogens is 695 g/mol. The van der Waals surface area contributed by atoms with Crippen molar-refractivity contribution in [2.24, 2.45) is 0 Å². The van der Waals surface area contributed by atoms with E-state index in [9.17, 15) is 19.8 Å². The van der Waals surface area contributed by atoms with Gasteiger partial charge in [-0.3, -0.25) is 9.59 Å². The molecular formula is C50H99NO5. The third-order valence-electron chi connectivity index (χ3n) is 11.9. The molecule has 0 bridgehead atoms. The Bertz CT molecular complexity index is 791. The lowest BCUT2D eigenvalue weighted by atomic mass is 10.0. The van der Waals surface area contributed by atoms with Crippen LogP contribution in [0.15, 0.2) is 0 Å². The molecule has 2 unspecified atom stereocenters. The number of amides is 1. The Labute approximate surface area is 349 Å². The first kappa shape index (κ1) is 54.9. The van der Waals surface area contributed by atoms with E-state index in [0.29, 0.717) is 25.9 Å². The van der Waals surface area contributed by atoms with Crippen molar-refractivity contribution < 1.29 is 24.5 Å². The Morgan fingerprint density at radius 2 is 0.732 bits per heavy atom. The highest BCUT2D eigenvalue weighted by molar-refractivity contribution is 5.76. The topological polar surface area (TPSA) is 95.9 Å². The molecule has 0 spiro atoms. The third-order valence-corrected chi connectivity index (χ3v) is 11.9. The SMILES string of the molecule is CCCCCCCCCCCCCCCCCCC(O)C(CO)NC(=O)CCCCCCCCCCCCCCOC(=O)CCCCCCCCCCCCC. The lowest BCUT2D eigenvalue weighted by Gasteiger charge is -2.22. The van der Waals surface area contributed by atoms with Crippen LogP contribution in [-0.2, 0) is 14.3 Å². The van der Waals surface area contributed by atoms with Gasteiger partial charge in [-0.05, 0) is 25.7 Å². The molecule has 6 heteroatoms. The number of carbonyl (C=O) groups is 2. The fourth-order valence-corrected chi connectivity index (χ4v) is 7.99. The minimum Gasteiger partial charge on any atom is -0.466 e. The number of aliphatic hydroxyl groups excluding tert-OH is 2. The minimum absolute atomic E-state index is 0.00889. The van der Waals surface area contributed by atoms with Crippen LogP contribution in [0.1, 0.15) is 284 Å². The number of hydrogen-bond donors (Lipinski definition) is 3. The summed E-state index contributed by atoms with van der Waals surface area (Å²) in [7, 11) is 0. The van der Waals surface area contributed by atoms with Crippen LogP contribution in [0.2, 0.25) is 0 Å². The van der Waals surface area contributed by atoms with Crippen molar-refractivity contribution in [1.82, 2.24) is 5.32 Å². The molecule has 2 atom stereocenters. The summed E-state index contributed by atoms with van der Waals surface area (Å²) >= 11 is 0. The lowest BCUT2D eigenvalue weighted by molar-refractivity contribution is -0.143. The Morgan fingerprint density at radius 3 is 1.09 bits per heavy atom. The lowest BCUT2D eigenvalue weighted by Crippen LogP contribution is -2.45. The molecule has 0 saturated heterocycles. The number of carbonyl (C=O) groups excluding carboxylic acids is 2. The Balaban J connectivity index is 3.46. The maximum absolute atomic E-state index is 12.4. The summed E-state index contributed by atoms with van der Waals surface area (Å²) in [5.74, 6) is -0.0572. The monoisotopic (exact) mass is 794 g/mol. The Morgan fingerprint density at radius 1 is 0.429 bits per heavy atom. The summed E-state index contributed by atoms with van der Waals surface area (Å²) in [6.07, 6.45) is 50.6. The van der Waals surface area contributed by atoms with Gasteiger partial charge in [-0.15, -0.1) is 0 Å². The van der Waals surface area contributed by atoms with Gasteiger partial charge >= 0.3 is 5.97 Å². The summed E-state index contributed by atoms with van der Waals surface area (Å²) in [6, 6.07) is -0.551. The van der Waals surface area contributed by atoms with Gasteiger partial charge < -0.3 is 20.3 Å². The quantitative estimate of drug-likeness (QED) is 0.0421. The molecule has 0 aromatic heterocycles. The zero-order chi connectivity index (χ0) is 40.8. The highest BCUT2D eigenvalue weighted by atomic mass is 16.5. The van der Waals surface area contributed by atoms with Crippen molar-refractivity contribution in [2.45, 2.75) is 296 Å². The smallest absolute Gasteiger partial charge is 0.305 e. The molecule has 0 radical (unpaired) electrons. The number of esters is 1. The Kier molecular flexibility index (Phi) is 45.6. The van der Waals surface area contributed by atoms with E-state index in [4.69, 9.17) is 4.74 Å². The van der Waals surface area contributed by atoms with Crippen LogP contribution in [0.3, 0.4) is 0 Å². The zero-order valence-corrected chi connectivity index (χ0v) is 37.9. The summed E-state index contributed by atoms with van der Waals surface area (Å²) < 4.78 is 5.44. The summed E-state index contributed by atoms with van der Waals surface area (Å²) in [4.78, 5) is 24.4. The second-order valence-electron chi connectivity index (χ2n) is 17.5. The maximum atomic E-state index is 12.4. The molecule has 334 valence electrons. The molecule has 0 aromatic rings. The van der Waals surface area contributed by atoms with Gasteiger partial charge in [0.25, 0.3) is 0 Å². The fourth-order valence-electron chi connectivity index (χ4n) is 7.99. The van der Waals surface area contributed by atoms with Crippen molar-refractivity contribution >= 4 is 11.9 Å². The van der Waals surface area contributed by atoms with Gasteiger partial charge in [0.1, 0.15) is 0 Å². The molecule has 0 aliphatic heterocycles.